The van der Waals surface area contributed by atoms with Gasteiger partial charge in [0.1, 0.15) is 0 Å². The van der Waals surface area contributed by atoms with E-state index in [0.717, 1.165) is 17.1 Å². The van der Waals surface area contributed by atoms with Crippen LogP contribution in [0.25, 0.3) is 64.3 Å². The minimum absolute atomic E-state index is 0.500. The van der Waals surface area contributed by atoms with Gasteiger partial charge in [0.15, 0.2) is 0 Å². The molecule has 1 nitrogen and oxygen atoms in total. The lowest BCUT2D eigenvalue weighted by Gasteiger charge is -2.34. The Bertz CT molecular complexity index is 3510. The average Bonchev–Trinajstić information content (AvgIpc) is 3.90. The van der Waals surface area contributed by atoms with Gasteiger partial charge in [-0.2, -0.15) is 0 Å². The zero-order valence-corrected chi connectivity index (χ0v) is 38.6. The molecule has 3 heteroatoms. The molecule has 0 spiro atoms. The first-order chi connectivity index (χ1) is 31.9. The molecule has 0 amide bonds. The number of hydrogen-bond donors (Lipinski definition) is 0. The molecule has 0 saturated heterocycles. The molecular formula is C62H47NSSi. The fraction of sp³-hybridized carbons (Fsp3) is 0.0645. The topological polar surface area (TPSA) is 3.24 Å². The number of thiophene rings is 1. The second-order valence-corrected chi connectivity index (χ2v) is 24.5. The summed E-state index contributed by atoms with van der Waals surface area (Å²) >= 11 is 1.91. The first-order valence-electron chi connectivity index (χ1n) is 22.7. The van der Waals surface area contributed by atoms with Gasteiger partial charge >= 0.3 is 0 Å². The van der Waals surface area contributed by atoms with Gasteiger partial charge in [-0.3, -0.25) is 0 Å². The predicted octanol–water partition coefficient (Wildman–Crippen LogP) is 16.9. The number of fused-ring (bicyclic) bond motifs is 8. The van der Waals surface area contributed by atoms with Gasteiger partial charge in [0, 0.05) is 37.1 Å². The summed E-state index contributed by atoms with van der Waals surface area (Å²) in [6, 6.07) is 86.1. The fourth-order valence-electron chi connectivity index (χ4n) is 10.6. The summed E-state index contributed by atoms with van der Waals surface area (Å²) in [5.74, 6) is 0. The molecule has 0 aliphatic heterocycles. The van der Waals surface area contributed by atoms with Crippen LogP contribution in [0, 0.1) is 0 Å². The van der Waals surface area contributed by atoms with Crippen molar-refractivity contribution in [2.24, 2.45) is 0 Å². The third kappa shape index (κ3) is 6.33. The van der Waals surface area contributed by atoms with E-state index in [1.54, 1.807) is 0 Å². The van der Waals surface area contributed by atoms with Crippen LogP contribution in [0.2, 0.25) is 19.6 Å². The zero-order chi connectivity index (χ0) is 43.7. The Morgan fingerprint density at radius 1 is 0.385 bits per heavy atom. The molecule has 0 N–H and O–H groups in total. The summed E-state index contributed by atoms with van der Waals surface area (Å²) in [5, 5.41) is 6.71. The van der Waals surface area contributed by atoms with Crippen LogP contribution in [0.3, 0.4) is 0 Å². The van der Waals surface area contributed by atoms with Crippen LogP contribution in [0.1, 0.15) is 22.3 Å². The molecular weight excluding hydrogens is 819 g/mol. The number of rotatable bonds is 8. The lowest BCUT2D eigenvalue weighted by atomic mass is 9.68. The molecule has 10 aromatic carbocycles. The molecule has 0 radical (unpaired) electrons. The monoisotopic (exact) mass is 865 g/mol. The largest absolute Gasteiger partial charge is 0.310 e. The smallest absolute Gasteiger partial charge is 0.0775 e. The highest BCUT2D eigenvalue weighted by Gasteiger charge is 2.47. The van der Waals surface area contributed by atoms with Crippen molar-refractivity contribution in [3.8, 4) is 33.4 Å². The second-order valence-electron chi connectivity index (χ2n) is 18.4. The minimum atomic E-state index is -1.41. The Morgan fingerprint density at radius 2 is 0.908 bits per heavy atom. The normalized spacial score (nSPS) is 13.0. The van der Waals surface area contributed by atoms with E-state index in [1.165, 1.54) is 91.8 Å². The summed E-state index contributed by atoms with van der Waals surface area (Å²) in [5.41, 5.74) is 15.4. The van der Waals surface area contributed by atoms with Gasteiger partial charge < -0.3 is 4.90 Å². The summed E-state index contributed by atoms with van der Waals surface area (Å²) < 4.78 is 2.68. The van der Waals surface area contributed by atoms with Crippen LogP contribution in [-0.4, -0.2) is 8.07 Å². The van der Waals surface area contributed by atoms with E-state index in [9.17, 15) is 0 Å². The molecule has 0 unspecified atom stereocenters. The molecule has 65 heavy (non-hydrogen) atoms. The third-order valence-electron chi connectivity index (χ3n) is 13.7. The van der Waals surface area contributed by atoms with Crippen molar-refractivity contribution in [3.63, 3.8) is 0 Å². The van der Waals surface area contributed by atoms with Crippen LogP contribution in [0.5, 0.6) is 0 Å². The molecule has 11 aromatic rings. The highest BCUT2D eigenvalue weighted by atomic mass is 32.1. The Labute approximate surface area is 386 Å². The lowest BCUT2D eigenvalue weighted by Crippen LogP contribution is -2.37. The van der Waals surface area contributed by atoms with Crippen molar-refractivity contribution in [1.29, 1.82) is 0 Å². The van der Waals surface area contributed by atoms with Crippen LogP contribution < -0.4 is 10.1 Å². The van der Waals surface area contributed by atoms with E-state index in [-0.39, 0.29) is 0 Å². The standard InChI is InChI=1S/C62H47NSSi/c1-65(2,3)50-39-32-43(33-40-50)42-28-35-48(36-29-42)63(49-37-30-45(31-38-49)52-23-14-24-53-54-41-34-44-16-10-11-21-51(44)61(54)64-60(52)53)58-27-15-26-57-59(58)55-22-12-13-25-56(55)62(57,46-17-6-4-7-18-46)47-19-8-5-9-20-47/h4-41H,1-3H3. The number of hydrogen-bond acceptors (Lipinski definition) is 2. The molecule has 0 bridgehead atoms. The van der Waals surface area contributed by atoms with Crippen LogP contribution in [-0.2, 0) is 5.41 Å². The summed E-state index contributed by atoms with van der Waals surface area (Å²) in [7, 11) is -1.41. The summed E-state index contributed by atoms with van der Waals surface area (Å²) in [4.78, 5) is 2.48. The van der Waals surface area contributed by atoms with Gasteiger partial charge in [0.2, 0.25) is 0 Å². The Morgan fingerprint density at radius 3 is 1.58 bits per heavy atom. The van der Waals surface area contributed by atoms with Gasteiger partial charge in [-0.25, -0.2) is 0 Å². The minimum Gasteiger partial charge on any atom is -0.310 e. The molecule has 1 heterocycles. The van der Waals surface area contributed by atoms with Crippen molar-refractivity contribution < 1.29 is 0 Å². The van der Waals surface area contributed by atoms with E-state index in [1.807, 2.05) is 11.3 Å². The lowest BCUT2D eigenvalue weighted by molar-refractivity contribution is 0.768. The van der Waals surface area contributed by atoms with Gasteiger partial charge in [-0.15, -0.1) is 11.3 Å². The van der Waals surface area contributed by atoms with Crippen molar-refractivity contribution in [2.45, 2.75) is 25.1 Å². The zero-order valence-electron chi connectivity index (χ0n) is 36.8. The van der Waals surface area contributed by atoms with Crippen LogP contribution in [0.4, 0.5) is 17.1 Å². The van der Waals surface area contributed by atoms with Gasteiger partial charge in [-0.1, -0.05) is 225 Å². The van der Waals surface area contributed by atoms with E-state index in [2.05, 4.69) is 255 Å². The molecule has 12 rings (SSSR count). The first-order valence-corrected chi connectivity index (χ1v) is 27.0. The average molecular weight is 866 g/mol. The van der Waals surface area contributed by atoms with Crippen LogP contribution >= 0.6 is 11.3 Å². The first kappa shape index (κ1) is 39.3. The van der Waals surface area contributed by atoms with E-state index < -0.39 is 13.5 Å². The molecule has 0 fully saturated rings. The Hall–Kier alpha value is -7.30. The van der Waals surface area contributed by atoms with Crippen molar-refractivity contribution >= 4 is 72.6 Å². The fourth-order valence-corrected chi connectivity index (χ4v) is 13.1. The van der Waals surface area contributed by atoms with Gasteiger partial charge in [-0.05, 0) is 91.2 Å². The van der Waals surface area contributed by atoms with Crippen molar-refractivity contribution in [1.82, 2.24) is 0 Å². The molecule has 0 saturated carbocycles. The van der Waals surface area contributed by atoms with Crippen molar-refractivity contribution in [3.05, 3.63) is 253 Å². The number of benzene rings is 10. The Kier molecular flexibility index (Phi) is 9.34. The molecule has 1 aliphatic rings. The third-order valence-corrected chi connectivity index (χ3v) is 17.1. The van der Waals surface area contributed by atoms with E-state index >= 15 is 0 Å². The van der Waals surface area contributed by atoms with Gasteiger partial charge in [0.25, 0.3) is 0 Å². The van der Waals surface area contributed by atoms with Gasteiger partial charge in [0.05, 0.1) is 19.2 Å². The molecule has 1 aliphatic carbocycles. The summed E-state index contributed by atoms with van der Waals surface area (Å²) in [6.45, 7) is 7.23. The summed E-state index contributed by atoms with van der Waals surface area (Å²) in [6.07, 6.45) is 0. The van der Waals surface area contributed by atoms with E-state index in [4.69, 9.17) is 0 Å². The SMILES string of the molecule is C[Si](C)(C)c1ccc(-c2ccc(N(c3ccc(-c4cccc5c4sc4c6ccccc6ccc54)cc3)c3cccc4c3-c3ccccc3C4(c3ccccc3)c3ccccc3)cc2)cc1. The maximum atomic E-state index is 2.48. The number of anilines is 3. The molecule has 0 atom stereocenters. The van der Waals surface area contributed by atoms with Crippen molar-refractivity contribution in [2.75, 3.05) is 4.90 Å². The maximum absolute atomic E-state index is 2.48. The molecule has 1 aromatic heterocycles. The van der Waals surface area contributed by atoms with E-state index in [0.29, 0.717) is 0 Å². The highest BCUT2D eigenvalue weighted by molar-refractivity contribution is 7.27. The number of nitrogens with zero attached hydrogens (tertiary/aromatic N) is 1. The molecule has 310 valence electrons. The Balaban J connectivity index is 1.04. The second kappa shape index (κ2) is 15.4. The highest BCUT2D eigenvalue weighted by Crippen LogP contribution is 2.59. The quantitative estimate of drug-likeness (QED) is 0.138. The predicted molar refractivity (Wildman–Crippen MR) is 283 cm³/mol. The maximum Gasteiger partial charge on any atom is 0.0775 e. The van der Waals surface area contributed by atoms with Crippen LogP contribution in [0.15, 0.2) is 231 Å².